The first-order valence-electron chi connectivity index (χ1n) is 5.61. The number of rotatable bonds is 6. The molecule has 0 amide bonds. The van der Waals surface area contributed by atoms with Crippen molar-refractivity contribution < 1.29 is 0 Å². The Kier molecular flexibility index (Phi) is 4.69. The van der Waals surface area contributed by atoms with Gasteiger partial charge in [-0.05, 0) is 12.8 Å². The van der Waals surface area contributed by atoms with E-state index in [2.05, 4.69) is 28.7 Å². The molecule has 5 heteroatoms. The molecule has 0 saturated heterocycles. The van der Waals surface area contributed by atoms with Gasteiger partial charge in [0.1, 0.15) is 11.5 Å². The molecule has 5 nitrogen and oxygen atoms in total. The van der Waals surface area contributed by atoms with Crippen molar-refractivity contribution >= 4 is 11.7 Å². The first-order chi connectivity index (χ1) is 7.70. The van der Waals surface area contributed by atoms with E-state index in [1.165, 1.54) is 0 Å². The van der Waals surface area contributed by atoms with Crippen LogP contribution in [0.15, 0.2) is 12.4 Å². The molecule has 0 aliphatic heterocycles. The first kappa shape index (κ1) is 12.4. The largest absolute Gasteiger partial charge is 0.382 e. The molecule has 0 bridgehead atoms. The van der Waals surface area contributed by atoms with E-state index in [1.54, 1.807) is 12.4 Å². The van der Waals surface area contributed by atoms with E-state index >= 15 is 0 Å². The second-order valence-corrected chi connectivity index (χ2v) is 3.63. The fraction of sp³-hybridized carbons (Fsp3) is 0.545. The van der Waals surface area contributed by atoms with Gasteiger partial charge in [0.25, 0.3) is 0 Å². The van der Waals surface area contributed by atoms with Gasteiger partial charge < -0.3 is 10.6 Å². The van der Waals surface area contributed by atoms with Crippen molar-refractivity contribution in [2.45, 2.75) is 26.7 Å². The van der Waals surface area contributed by atoms with Gasteiger partial charge in [-0.2, -0.15) is 0 Å². The summed E-state index contributed by atoms with van der Waals surface area (Å²) in [6, 6.07) is 0. The molecule has 1 aromatic heterocycles. The third-order valence-electron chi connectivity index (χ3n) is 2.22. The van der Waals surface area contributed by atoms with Gasteiger partial charge in [0.05, 0.1) is 0 Å². The summed E-state index contributed by atoms with van der Waals surface area (Å²) in [6.07, 6.45) is 5.28. The average Bonchev–Trinajstić information content (AvgIpc) is 2.29. The number of amidine groups is 1. The Hall–Kier alpha value is -1.65. The monoisotopic (exact) mass is 221 g/mol. The van der Waals surface area contributed by atoms with Crippen LogP contribution in [-0.2, 0) is 0 Å². The van der Waals surface area contributed by atoms with E-state index in [9.17, 15) is 0 Å². The Balaban J connectivity index is 3.02. The Morgan fingerprint density at radius 1 is 1.25 bits per heavy atom. The zero-order valence-corrected chi connectivity index (χ0v) is 9.90. The third kappa shape index (κ3) is 2.92. The molecule has 1 heterocycles. The molecule has 0 aliphatic carbocycles. The number of hydrogen-bond acceptors (Lipinski definition) is 4. The number of anilines is 1. The minimum Gasteiger partial charge on any atom is -0.382 e. The van der Waals surface area contributed by atoms with Gasteiger partial charge in [0.2, 0.25) is 0 Å². The van der Waals surface area contributed by atoms with Crippen molar-refractivity contribution in [2.75, 3.05) is 18.0 Å². The lowest BCUT2D eigenvalue weighted by atomic mass is 10.3. The molecule has 1 aromatic rings. The van der Waals surface area contributed by atoms with Crippen LogP contribution < -0.4 is 10.6 Å². The van der Waals surface area contributed by atoms with E-state index < -0.39 is 0 Å². The third-order valence-corrected chi connectivity index (χ3v) is 2.22. The van der Waals surface area contributed by atoms with Gasteiger partial charge in [0.15, 0.2) is 5.82 Å². The smallest absolute Gasteiger partial charge is 0.158 e. The Morgan fingerprint density at radius 2 is 1.81 bits per heavy atom. The number of hydrogen-bond donors (Lipinski definition) is 2. The van der Waals surface area contributed by atoms with Gasteiger partial charge in [0, 0.05) is 25.5 Å². The minimum atomic E-state index is -0.0275. The zero-order chi connectivity index (χ0) is 12.0. The van der Waals surface area contributed by atoms with Crippen LogP contribution in [0.5, 0.6) is 0 Å². The maximum absolute atomic E-state index is 7.48. The number of nitrogens with two attached hydrogens (primary N) is 1. The lowest BCUT2D eigenvalue weighted by Crippen LogP contribution is -2.29. The van der Waals surface area contributed by atoms with E-state index in [1.807, 2.05) is 0 Å². The highest BCUT2D eigenvalue weighted by atomic mass is 15.2. The van der Waals surface area contributed by atoms with E-state index in [0.29, 0.717) is 5.69 Å². The molecule has 3 N–H and O–H groups in total. The molecule has 0 atom stereocenters. The highest BCUT2D eigenvalue weighted by molar-refractivity contribution is 5.97. The lowest BCUT2D eigenvalue weighted by molar-refractivity contribution is 0.730. The van der Waals surface area contributed by atoms with Crippen molar-refractivity contribution in [1.82, 2.24) is 9.97 Å². The molecule has 0 radical (unpaired) electrons. The molecule has 1 rings (SSSR count). The average molecular weight is 221 g/mol. The molecular weight excluding hydrogens is 202 g/mol. The Morgan fingerprint density at radius 3 is 2.31 bits per heavy atom. The van der Waals surface area contributed by atoms with Crippen molar-refractivity contribution in [1.29, 1.82) is 5.41 Å². The summed E-state index contributed by atoms with van der Waals surface area (Å²) in [7, 11) is 0. The zero-order valence-electron chi connectivity index (χ0n) is 9.90. The molecule has 0 aromatic carbocycles. The lowest BCUT2D eigenvalue weighted by Gasteiger charge is -2.23. The molecule has 0 aliphatic rings. The molecule has 88 valence electrons. The van der Waals surface area contributed by atoms with Crippen LogP contribution >= 0.6 is 0 Å². The van der Waals surface area contributed by atoms with Gasteiger partial charge in [-0.25, -0.2) is 9.97 Å². The van der Waals surface area contributed by atoms with Crippen molar-refractivity contribution in [3.8, 4) is 0 Å². The van der Waals surface area contributed by atoms with Crippen LogP contribution in [0.2, 0.25) is 0 Å². The number of nitrogen functional groups attached to an aromatic ring is 1. The molecule has 0 saturated carbocycles. The summed E-state index contributed by atoms with van der Waals surface area (Å²) >= 11 is 0. The van der Waals surface area contributed by atoms with Crippen LogP contribution in [0, 0.1) is 5.41 Å². The number of nitrogens with zero attached hydrogens (tertiary/aromatic N) is 3. The van der Waals surface area contributed by atoms with E-state index in [-0.39, 0.29) is 5.84 Å². The topological polar surface area (TPSA) is 78.9 Å². The quantitative estimate of drug-likeness (QED) is 0.562. The summed E-state index contributed by atoms with van der Waals surface area (Å²) in [5.74, 6) is 0.694. The predicted octanol–water partition coefficient (Wildman–Crippen LogP) is 1.39. The summed E-state index contributed by atoms with van der Waals surface area (Å²) < 4.78 is 0. The predicted molar refractivity (Wildman–Crippen MR) is 65.8 cm³/mol. The van der Waals surface area contributed by atoms with Crippen LogP contribution in [0.3, 0.4) is 0 Å². The van der Waals surface area contributed by atoms with Gasteiger partial charge in [-0.1, -0.05) is 13.8 Å². The maximum atomic E-state index is 7.48. The summed E-state index contributed by atoms with van der Waals surface area (Å²) in [6.45, 7) is 6.05. The van der Waals surface area contributed by atoms with Crippen LogP contribution in [0.4, 0.5) is 5.82 Å². The fourth-order valence-corrected chi connectivity index (χ4v) is 1.62. The van der Waals surface area contributed by atoms with Gasteiger partial charge >= 0.3 is 0 Å². The first-order valence-corrected chi connectivity index (χ1v) is 5.61. The molecular formula is C11H19N5. The van der Waals surface area contributed by atoms with Gasteiger partial charge in [-0.15, -0.1) is 0 Å². The molecule has 16 heavy (non-hydrogen) atoms. The van der Waals surface area contributed by atoms with Crippen LogP contribution in [0.25, 0.3) is 0 Å². The van der Waals surface area contributed by atoms with E-state index in [4.69, 9.17) is 11.1 Å². The maximum Gasteiger partial charge on any atom is 0.158 e. The summed E-state index contributed by atoms with van der Waals surface area (Å²) in [5.41, 5.74) is 5.98. The SMILES string of the molecule is CCCN(CCC)c1nccnc1C(=N)N. The molecule has 0 unspecified atom stereocenters. The highest BCUT2D eigenvalue weighted by Gasteiger charge is 2.14. The summed E-state index contributed by atoms with van der Waals surface area (Å²) in [5, 5.41) is 7.48. The van der Waals surface area contributed by atoms with Crippen molar-refractivity contribution in [3.63, 3.8) is 0 Å². The van der Waals surface area contributed by atoms with Crippen LogP contribution in [0.1, 0.15) is 32.4 Å². The summed E-state index contributed by atoms with van der Waals surface area (Å²) in [4.78, 5) is 10.5. The minimum absolute atomic E-state index is 0.0275. The molecule has 0 spiro atoms. The highest BCUT2D eigenvalue weighted by Crippen LogP contribution is 2.15. The molecule has 0 fully saturated rings. The van der Waals surface area contributed by atoms with Crippen molar-refractivity contribution in [2.24, 2.45) is 5.73 Å². The van der Waals surface area contributed by atoms with E-state index in [0.717, 1.165) is 31.7 Å². The standard InChI is InChI=1S/C11H19N5/c1-3-7-16(8-4-2)11-9(10(12)13)14-5-6-15-11/h5-6H,3-4,7-8H2,1-2H3,(H3,12,13). The second-order valence-electron chi connectivity index (χ2n) is 3.63. The second kappa shape index (κ2) is 6.05. The van der Waals surface area contributed by atoms with Crippen molar-refractivity contribution in [3.05, 3.63) is 18.1 Å². The number of aromatic nitrogens is 2. The van der Waals surface area contributed by atoms with Crippen LogP contribution in [-0.4, -0.2) is 28.9 Å². The Bertz CT molecular complexity index is 344. The Labute approximate surface area is 96.2 Å². The van der Waals surface area contributed by atoms with Gasteiger partial charge in [-0.3, -0.25) is 5.41 Å². The fourth-order valence-electron chi connectivity index (χ4n) is 1.62. The normalized spacial score (nSPS) is 10.1. The number of nitrogens with one attached hydrogen (secondary N) is 1.